The van der Waals surface area contributed by atoms with Crippen LogP contribution in [0.25, 0.3) is 11.0 Å². The van der Waals surface area contributed by atoms with E-state index in [1.165, 1.54) is 36.0 Å². The van der Waals surface area contributed by atoms with Crippen molar-refractivity contribution < 1.29 is 9.18 Å². The van der Waals surface area contributed by atoms with E-state index < -0.39 is 0 Å². The molecular formula is C19H21FN4O2S. The molecule has 2 N–H and O–H groups in total. The first-order chi connectivity index (χ1) is 12.9. The van der Waals surface area contributed by atoms with E-state index in [1.54, 1.807) is 4.57 Å². The first kappa shape index (κ1) is 19.2. The van der Waals surface area contributed by atoms with Crippen molar-refractivity contribution in [1.29, 1.82) is 0 Å². The molecule has 0 saturated carbocycles. The summed E-state index contributed by atoms with van der Waals surface area (Å²) in [6.07, 6.45) is 0.766. The molecule has 1 amide bonds. The quantitative estimate of drug-likeness (QED) is 0.496. The van der Waals surface area contributed by atoms with Crippen molar-refractivity contribution in [1.82, 2.24) is 14.5 Å². The highest BCUT2D eigenvalue weighted by molar-refractivity contribution is 7.99. The van der Waals surface area contributed by atoms with Gasteiger partial charge >= 0.3 is 0 Å². The number of halogens is 1. The Hall–Kier alpha value is -2.61. The van der Waals surface area contributed by atoms with Gasteiger partial charge in [0.15, 0.2) is 5.16 Å². The molecule has 0 radical (unpaired) electrons. The zero-order valence-corrected chi connectivity index (χ0v) is 16.2. The van der Waals surface area contributed by atoms with Crippen LogP contribution in [0.15, 0.2) is 40.3 Å². The van der Waals surface area contributed by atoms with Gasteiger partial charge in [-0.05, 0) is 50.6 Å². The lowest BCUT2D eigenvalue weighted by Gasteiger charge is -2.17. The Kier molecular flexibility index (Phi) is 5.65. The van der Waals surface area contributed by atoms with Gasteiger partial charge in [0.2, 0.25) is 5.91 Å². The number of hydrogen-bond acceptors (Lipinski definition) is 4. The Morgan fingerprint density at radius 1 is 1.37 bits per heavy atom. The van der Waals surface area contributed by atoms with Crippen LogP contribution in [0.1, 0.15) is 32.0 Å². The van der Waals surface area contributed by atoms with Gasteiger partial charge in [0, 0.05) is 17.4 Å². The molecule has 1 atom stereocenters. The molecular weight excluding hydrogens is 367 g/mol. The molecule has 0 spiro atoms. The minimum Gasteiger partial charge on any atom is -0.353 e. The number of benzene rings is 1. The number of hydrogen-bond donors (Lipinski definition) is 2. The minimum atomic E-state index is -0.362. The fourth-order valence-corrected chi connectivity index (χ4v) is 3.62. The van der Waals surface area contributed by atoms with Gasteiger partial charge in [-0.15, -0.1) is 0 Å². The van der Waals surface area contributed by atoms with Crippen LogP contribution in [0.3, 0.4) is 0 Å². The lowest BCUT2D eigenvalue weighted by atomic mass is 10.2. The van der Waals surface area contributed by atoms with Gasteiger partial charge in [-0.1, -0.05) is 18.7 Å². The summed E-state index contributed by atoms with van der Waals surface area (Å²) in [6.45, 7) is 5.82. The number of amides is 1. The van der Waals surface area contributed by atoms with E-state index in [0.29, 0.717) is 21.9 Å². The number of nitrogens with zero attached hydrogens (tertiary/aromatic N) is 2. The van der Waals surface area contributed by atoms with Gasteiger partial charge in [-0.25, -0.2) is 9.37 Å². The van der Waals surface area contributed by atoms with Gasteiger partial charge < -0.3 is 10.3 Å². The van der Waals surface area contributed by atoms with E-state index in [4.69, 9.17) is 0 Å². The maximum absolute atomic E-state index is 13.0. The predicted octanol–water partition coefficient (Wildman–Crippen LogP) is 3.87. The molecule has 3 rings (SSSR count). The van der Waals surface area contributed by atoms with Gasteiger partial charge in [0.1, 0.15) is 11.3 Å². The molecule has 2 aromatic heterocycles. The molecule has 8 heteroatoms. The molecule has 0 bridgehead atoms. The van der Waals surface area contributed by atoms with Crippen molar-refractivity contribution in [3.63, 3.8) is 0 Å². The lowest BCUT2D eigenvalue weighted by Crippen LogP contribution is -2.26. The molecule has 0 aliphatic rings. The zero-order chi connectivity index (χ0) is 19.6. The highest BCUT2D eigenvalue weighted by Crippen LogP contribution is 2.23. The fourth-order valence-electron chi connectivity index (χ4n) is 2.72. The molecule has 0 saturated heterocycles. The second-order valence-corrected chi connectivity index (χ2v) is 7.33. The Morgan fingerprint density at radius 3 is 2.74 bits per heavy atom. The minimum absolute atomic E-state index is 0.0411. The van der Waals surface area contributed by atoms with E-state index in [0.717, 1.165) is 12.1 Å². The molecule has 6 nitrogen and oxygen atoms in total. The van der Waals surface area contributed by atoms with E-state index in [-0.39, 0.29) is 29.1 Å². The Morgan fingerprint density at radius 2 is 2.07 bits per heavy atom. The molecule has 0 aliphatic heterocycles. The summed E-state index contributed by atoms with van der Waals surface area (Å²) < 4.78 is 14.6. The molecule has 2 heterocycles. The number of aromatic nitrogens is 3. The number of thioether (sulfide) groups is 1. The number of aryl methyl sites for hydroxylation is 1. The van der Waals surface area contributed by atoms with Crippen molar-refractivity contribution in [2.75, 3.05) is 11.1 Å². The van der Waals surface area contributed by atoms with Crippen LogP contribution >= 0.6 is 11.8 Å². The topological polar surface area (TPSA) is 79.8 Å². The normalized spacial score (nSPS) is 12.3. The van der Waals surface area contributed by atoms with Crippen LogP contribution in [0.4, 0.5) is 10.1 Å². The van der Waals surface area contributed by atoms with Crippen LogP contribution in [0.2, 0.25) is 0 Å². The second-order valence-electron chi connectivity index (χ2n) is 6.38. The summed E-state index contributed by atoms with van der Waals surface area (Å²) in [5.74, 6) is -0.518. The zero-order valence-electron chi connectivity index (χ0n) is 15.4. The number of carbonyl (C=O) groups is 1. The van der Waals surface area contributed by atoms with Crippen LogP contribution < -0.4 is 10.9 Å². The largest absolute Gasteiger partial charge is 0.353 e. The third-order valence-corrected chi connectivity index (χ3v) is 5.23. The molecule has 1 unspecified atom stereocenters. The highest BCUT2D eigenvalue weighted by Gasteiger charge is 2.18. The number of rotatable bonds is 6. The Balaban J connectivity index is 1.83. The monoisotopic (exact) mass is 388 g/mol. The Bertz CT molecular complexity index is 1030. The summed E-state index contributed by atoms with van der Waals surface area (Å²) in [5.41, 5.74) is 2.32. The van der Waals surface area contributed by atoms with E-state index in [2.05, 4.69) is 15.3 Å². The average molecular weight is 388 g/mol. The van der Waals surface area contributed by atoms with Crippen LogP contribution in [-0.4, -0.2) is 26.2 Å². The predicted molar refractivity (Wildman–Crippen MR) is 106 cm³/mol. The standard InChI is InChI=1S/C19H21FN4O2S/c1-4-12(3)24-18(26)17-15(9-11(2)21-17)23-19(24)27-10-16(25)22-14-7-5-13(20)6-8-14/h5-9,12,21H,4,10H2,1-3H3,(H,22,25). The second kappa shape index (κ2) is 7.96. The first-order valence-electron chi connectivity index (χ1n) is 8.69. The van der Waals surface area contributed by atoms with Crippen LogP contribution in [0, 0.1) is 12.7 Å². The summed E-state index contributed by atoms with van der Waals surface area (Å²) in [4.78, 5) is 32.7. The van der Waals surface area contributed by atoms with E-state index in [1.807, 2.05) is 26.8 Å². The maximum atomic E-state index is 13.0. The van der Waals surface area contributed by atoms with Crippen LogP contribution in [0.5, 0.6) is 0 Å². The van der Waals surface area contributed by atoms with Crippen molar-refractivity contribution >= 4 is 34.4 Å². The van der Waals surface area contributed by atoms with Gasteiger partial charge in [-0.3, -0.25) is 14.2 Å². The molecule has 27 heavy (non-hydrogen) atoms. The third kappa shape index (κ3) is 4.21. The SMILES string of the molecule is CCC(C)n1c(SCC(=O)Nc2ccc(F)cc2)nc2cc(C)[nH]c2c1=O. The first-order valence-corrected chi connectivity index (χ1v) is 9.67. The summed E-state index contributed by atoms with van der Waals surface area (Å²) in [7, 11) is 0. The van der Waals surface area contributed by atoms with Crippen LogP contribution in [-0.2, 0) is 4.79 Å². The average Bonchev–Trinajstić information content (AvgIpc) is 3.02. The summed E-state index contributed by atoms with van der Waals surface area (Å²) in [5, 5.41) is 3.22. The number of anilines is 1. The van der Waals surface area contributed by atoms with E-state index >= 15 is 0 Å². The van der Waals surface area contributed by atoms with Crippen molar-refractivity contribution in [3.8, 4) is 0 Å². The van der Waals surface area contributed by atoms with Gasteiger partial charge in [0.05, 0.1) is 11.3 Å². The number of nitrogens with one attached hydrogen (secondary N) is 2. The highest BCUT2D eigenvalue weighted by atomic mass is 32.2. The Labute approximate surface area is 160 Å². The molecule has 0 aliphatic carbocycles. The molecule has 142 valence electrons. The molecule has 3 aromatic rings. The van der Waals surface area contributed by atoms with Crippen molar-refractivity contribution in [2.24, 2.45) is 0 Å². The number of carbonyl (C=O) groups excluding carboxylic acids is 1. The third-order valence-electron chi connectivity index (χ3n) is 4.28. The number of aromatic amines is 1. The maximum Gasteiger partial charge on any atom is 0.278 e. The molecule has 1 aromatic carbocycles. The lowest BCUT2D eigenvalue weighted by molar-refractivity contribution is -0.113. The van der Waals surface area contributed by atoms with Gasteiger partial charge in [-0.2, -0.15) is 0 Å². The van der Waals surface area contributed by atoms with Crippen molar-refractivity contribution in [2.45, 2.75) is 38.4 Å². The molecule has 0 fully saturated rings. The van der Waals surface area contributed by atoms with E-state index in [9.17, 15) is 14.0 Å². The number of fused-ring (bicyclic) bond motifs is 1. The summed E-state index contributed by atoms with van der Waals surface area (Å²) in [6, 6.07) is 7.35. The fraction of sp³-hybridized carbons (Fsp3) is 0.316. The summed E-state index contributed by atoms with van der Waals surface area (Å²) >= 11 is 1.21. The smallest absolute Gasteiger partial charge is 0.278 e. The van der Waals surface area contributed by atoms with Crippen molar-refractivity contribution in [3.05, 3.63) is 52.2 Å². The number of H-pyrrole nitrogens is 1. The van der Waals surface area contributed by atoms with Gasteiger partial charge in [0.25, 0.3) is 5.56 Å².